The van der Waals surface area contributed by atoms with Crippen LogP contribution in [0.5, 0.6) is 0 Å². The van der Waals surface area contributed by atoms with Crippen molar-refractivity contribution < 1.29 is 9.59 Å². The molecule has 182 valence electrons. The highest BCUT2D eigenvalue weighted by Crippen LogP contribution is 2.29. The van der Waals surface area contributed by atoms with Crippen LogP contribution in [0, 0.1) is 13.8 Å². The Morgan fingerprint density at radius 3 is 2.75 bits per heavy atom. The Morgan fingerprint density at radius 1 is 1.17 bits per heavy atom. The van der Waals surface area contributed by atoms with E-state index in [4.69, 9.17) is 12.2 Å². The summed E-state index contributed by atoms with van der Waals surface area (Å²) in [6, 6.07) is 15.7. The quantitative estimate of drug-likeness (QED) is 0.229. The molecular weight excluding hydrogens is 556 g/mol. The van der Waals surface area contributed by atoms with Gasteiger partial charge in [-0.1, -0.05) is 28.1 Å². The minimum absolute atomic E-state index is 0.0837. The zero-order valence-corrected chi connectivity index (χ0v) is 22.9. The number of benzene rings is 2. The number of aryl methyl sites for hydroxylation is 2. The van der Waals surface area contributed by atoms with Crippen LogP contribution in [0.3, 0.4) is 0 Å². The molecule has 3 heterocycles. The van der Waals surface area contributed by atoms with Gasteiger partial charge in [-0.15, -0.1) is 11.3 Å². The number of nitrogens with zero attached hydrogens (tertiary/aromatic N) is 2. The monoisotopic (exact) mass is 578 g/mol. The zero-order chi connectivity index (χ0) is 25.4. The second-order valence-electron chi connectivity index (χ2n) is 8.63. The number of carbonyl (C=O) groups is 2. The standard InChI is InChI=1S/C27H23BrN4O2S2/c1-16-5-7-20(10-17(16)2)32-26(34)23(30-27(32)35)11-18-14-31(24-8-6-19(28)12-22(18)24)15-25(33)29-13-21-4-3-9-36-21/h3-12,14H,13,15H2,1-2H3,(H,29,33)(H,30,35)/b23-11-. The molecule has 36 heavy (non-hydrogen) atoms. The predicted octanol–water partition coefficient (Wildman–Crippen LogP) is 5.66. The van der Waals surface area contributed by atoms with Crippen LogP contribution >= 0.6 is 39.5 Å². The van der Waals surface area contributed by atoms with E-state index in [0.29, 0.717) is 17.4 Å². The average Bonchev–Trinajstić information content (AvgIpc) is 3.54. The third-order valence-electron chi connectivity index (χ3n) is 6.15. The van der Waals surface area contributed by atoms with Crippen LogP contribution in [0.15, 0.2) is 70.3 Å². The summed E-state index contributed by atoms with van der Waals surface area (Å²) in [6.07, 6.45) is 3.69. The van der Waals surface area contributed by atoms with Gasteiger partial charge in [-0.2, -0.15) is 0 Å². The molecule has 0 aliphatic carbocycles. The number of amides is 2. The number of fused-ring (bicyclic) bond motifs is 1. The number of aromatic nitrogens is 1. The molecule has 2 amide bonds. The van der Waals surface area contributed by atoms with Crippen molar-refractivity contribution >= 4 is 79.1 Å². The largest absolute Gasteiger partial charge is 0.350 e. The van der Waals surface area contributed by atoms with Crippen LogP contribution < -0.4 is 15.5 Å². The summed E-state index contributed by atoms with van der Waals surface area (Å²) in [4.78, 5) is 28.6. The van der Waals surface area contributed by atoms with E-state index in [0.717, 1.165) is 42.6 Å². The van der Waals surface area contributed by atoms with Gasteiger partial charge in [0.15, 0.2) is 5.11 Å². The molecule has 9 heteroatoms. The van der Waals surface area contributed by atoms with Crippen molar-refractivity contribution in [2.24, 2.45) is 0 Å². The van der Waals surface area contributed by atoms with E-state index in [-0.39, 0.29) is 18.4 Å². The first-order chi connectivity index (χ1) is 17.3. The molecule has 1 saturated heterocycles. The van der Waals surface area contributed by atoms with Crippen LogP contribution in [0.4, 0.5) is 5.69 Å². The van der Waals surface area contributed by atoms with Gasteiger partial charge in [0, 0.05) is 32.0 Å². The summed E-state index contributed by atoms with van der Waals surface area (Å²) < 4.78 is 2.81. The van der Waals surface area contributed by atoms with Crippen LogP contribution in [-0.4, -0.2) is 21.5 Å². The van der Waals surface area contributed by atoms with Crippen molar-refractivity contribution in [3.63, 3.8) is 0 Å². The minimum atomic E-state index is -0.215. The highest BCUT2D eigenvalue weighted by Gasteiger charge is 2.32. The molecule has 2 aromatic carbocycles. The predicted molar refractivity (Wildman–Crippen MR) is 153 cm³/mol. The molecule has 1 aliphatic rings. The fourth-order valence-electron chi connectivity index (χ4n) is 4.14. The maximum absolute atomic E-state index is 13.3. The maximum Gasteiger partial charge on any atom is 0.281 e. The molecule has 6 nitrogen and oxygen atoms in total. The lowest BCUT2D eigenvalue weighted by Crippen LogP contribution is -2.30. The molecule has 0 saturated carbocycles. The lowest BCUT2D eigenvalue weighted by atomic mass is 10.1. The third-order valence-corrected chi connectivity index (χ3v) is 7.81. The molecule has 0 radical (unpaired) electrons. The SMILES string of the molecule is Cc1ccc(N2C(=O)/C(=C/c3cn(CC(=O)NCc4cccs4)c4ccc(Br)cc34)NC2=S)cc1C. The molecule has 5 rings (SSSR count). The number of anilines is 1. The number of halogens is 1. The van der Waals surface area contributed by atoms with Crippen molar-refractivity contribution in [2.45, 2.75) is 26.9 Å². The fraction of sp³-hybridized carbons (Fsp3) is 0.148. The van der Waals surface area contributed by atoms with Gasteiger partial charge in [-0.05, 0) is 85.0 Å². The summed E-state index contributed by atoms with van der Waals surface area (Å²) in [5.74, 6) is -0.299. The summed E-state index contributed by atoms with van der Waals surface area (Å²) in [6.45, 7) is 4.71. The van der Waals surface area contributed by atoms with Crippen LogP contribution in [0.2, 0.25) is 0 Å². The molecule has 4 aromatic rings. The Bertz CT molecular complexity index is 1540. The Labute approximate surface area is 226 Å². The second-order valence-corrected chi connectivity index (χ2v) is 11.0. The topological polar surface area (TPSA) is 66.4 Å². The average molecular weight is 580 g/mol. The van der Waals surface area contributed by atoms with E-state index in [1.807, 2.05) is 78.5 Å². The molecule has 2 N–H and O–H groups in total. The molecule has 1 fully saturated rings. The Morgan fingerprint density at radius 2 is 2.00 bits per heavy atom. The van der Waals surface area contributed by atoms with Crippen LogP contribution in [0.1, 0.15) is 21.6 Å². The first kappa shape index (κ1) is 24.4. The van der Waals surface area contributed by atoms with E-state index in [1.165, 1.54) is 4.90 Å². The molecule has 0 spiro atoms. The molecule has 0 bridgehead atoms. The van der Waals surface area contributed by atoms with Crippen LogP contribution in [-0.2, 0) is 22.7 Å². The summed E-state index contributed by atoms with van der Waals surface area (Å²) >= 11 is 10.6. The number of carbonyl (C=O) groups excluding carboxylic acids is 2. The number of rotatable bonds is 6. The molecule has 1 aliphatic heterocycles. The third kappa shape index (κ3) is 4.86. The van der Waals surface area contributed by atoms with Gasteiger partial charge in [-0.3, -0.25) is 14.5 Å². The molecular formula is C27H23BrN4O2S2. The van der Waals surface area contributed by atoms with Gasteiger partial charge in [0.25, 0.3) is 5.91 Å². The van der Waals surface area contributed by atoms with Crippen molar-refractivity contribution in [1.29, 1.82) is 0 Å². The van der Waals surface area contributed by atoms with Gasteiger partial charge >= 0.3 is 0 Å². The highest BCUT2D eigenvalue weighted by molar-refractivity contribution is 9.10. The Balaban J connectivity index is 1.44. The lowest BCUT2D eigenvalue weighted by molar-refractivity contribution is -0.121. The number of hydrogen-bond acceptors (Lipinski definition) is 4. The van der Waals surface area contributed by atoms with Gasteiger partial charge in [0.2, 0.25) is 5.91 Å². The number of thiocarbonyl (C=S) groups is 1. The van der Waals surface area contributed by atoms with E-state index in [1.54, 1.807) is 17.4 Å². The number of thiophene rings is 1. The maximum atomic E-state index is 13.3. The van der Waals surface area contributed by atoms with Crippen molar-refractivity contribution in [3.8, 4) is 0 Å². The van der Waals surface area contributed by atoms with E-state index in [9.17, 15) is 9.59 Å². The van der Waals surface area contributed by atoms with Gasteiger partial charge in [0.1, 0.15) is 12.2 Å². The first-order valence-electron chi connectivity index (χ1n) is 11.3. The van der Waals surface area contributed by atoms with Gasteiger partial charge < -0.3 is 15.2 Å². The Kier molecular flexibility index (Phi) is 6.79. The van der Waals surface area contributed by atoms with Crippen molar-refractivity contribution in [3.05, 3.63) is 91.8 Å². The summed E-state index contributed by atoms with van der Waals surface area (Å²) in [5, 5.41) is 9.30. The normalized spacial score (nSPS) is 14.6. The number of hydrogen-bond donors (Lipinski definition) is 2. The fourth-order valence-corrected chi connectivity index (χ4v) is 5.45. The van der Waals surface area contributed by atoms with E-state index in [2.05, 4.69) is 26.6 Å². The van der Waals surface area contributed by atoms with Crippen LogP contribution in [0.25, 0.3) is 17.0 Å². The van der Waals surface area contributed by atoms with E-state index < -0.39 is 0 Å². The highest BCUT2D eigenvalue weighted by atomic mass is 79.9. The zero-order valence-electron chi connectivity index (χ0n) is 19.7. The molecule has 0 atom stereocenters. The van der Waals surface area contributed by atoms with Gasteiger partial charge in [0.05, 0.1) is 12.2 Å². The van der Waals surface area contributed by atoms with Gasteiger partial charge in [-0.25, -0.2) is 0 Å². The molecule has 0 unspecified atom stereocenters. The van der Waals surface area contributed by atoms with E-state index >= 15 is 0 Å². The molecule has 2 aromatic heterocycles. The minimum Gasteiger partial charge on any atom is -0.350 e. The summed E-state index contributed by atoms with van der Waals surface area (Å²) in [5.41, 5.74) is 5.08. The lowest BCUT2D eigenvalue weighted by Gasteiger charge is -2.15. The number of nitrogens with one attached hydrogen (secondary N) is 2. The smallest absolute Gasteiger partial charge is 0.281 e. The Hall–Kier alpha value is -3.27. The van der Waals surface area contributed by atoms with Crippen molar-refractivity contribution in [2.75, 3.05) is 4.90 Å². The first-order valence-corrected chi connectivity index (χ1v) is 13.4. The summed E-state index contributed by atoms with van der Waals surface area (Å²) in [7, 11) is 0. The second kappa shape index (κ2) is 10.0. The van der Waals surface area contributed by atoms with Crippen molar-refractivity contribution in [1.82, 2.24) is 15.2 Å².